The number of carboxylic acids is 1. The number of carbonyl (C=O) groups is 1. The van der Waals surface area contributed by atoms with Gasteiger partial charge in [0.15, 0.2) is 5.17 Å². The predicted octanol–water partition coefficient (Wildman–Crippen LogP) is 6.43. The third-order valence-corrected chi connectivity index (χ3v) is 7.20. The lowest BCUT2D eigenvalue weighted by atomic mass is 9.81. The molecule has 0 amide bonds. The average Bonchev–Trinajstić information content (AvgIpc) is 3.16. The fourth-order valence-corrected chi connectivity index (χ4v) is 5.70. The van der Waals surface area contributed by atoms with Crippen LogP contribution < -0.4 is 0 Å². The maximum absolute atomic E-state index is 11.9. The average molecular weight is 492 g/mol. The Kier molecular flexibility index (Phi) is 5.30. The zero-order valence-electron chi connectivity index (χ0n) is 16.2. The number of rotatable bonds is 4. The Morgan fingerprint density at radius 2 is 1.83 bits per heavy atom. The Bertz CT molecular complexity index is 1030. The number of hydrogen-bond acceptors (Lipinski definition) is 4. The van der Waals surface area contributed by atoms with Gasteiger partial charge in [0.2, 0.25) is 0 Å². The summed E-state index contributed by atoms with van der Waals surface area (Å²) in [5.74, 6) is -0.862. The van der Waals surface area contributed by atoms with E-state index >= 15 is 0 Å². The van der Waals surface area contributed by atoms with E-state index in [2.05, 4.69) is 39.9 Å². The number of allylic oxidation sites excluding steroid dienone is 1. The van der Waals surface area contributed by atoms with Gasteiger partial charge in [-0.3, -0.25) is 0 Å². The number of hydrogen-bond donors (Lipinski definition) is 1. The standard InChI is InChI=1S/C22H20BrClN2O2S/c1-12(2)17-18(20(27)28)29-21-25-22(3,14-6-8-15(23)9-7-14)19(26(17)21)13-4-10-16(24)11-5-13/h4-12,19H,1-3H3,(H,27,28)/t19-,22+/m1/s1. The molecular formula is C22H20BrClN2O2S. The summed E-state index contributed by atoms with van der Waals surface area (Å²) in [6, 6.07) is 15.7. The maximum atomic E-state index is 11.9. The van der Waals surface area contributed by atoms with Crippen molar-refractivity contribution < 1.29 is 9.90 Å². The topological polar surface area (TPSA) is 52.9 Å². The number of halogens is 2. The maximum Gasteiger partial charge on any atom is 0.344 e. The first kappa shape index (κ1) is 20.5. The van der Waals surface area contributed by atoms with Crippen LogP contribution in [0, 0.1) is 5.92 Å². The van der Waals surface area contributed by atoms with Gasteiger partial charge >= 0.3 is 5.97 Å². The molecule has 2 aliphatic rings. The summed E-state index contributed by atoms with van der Waals surface area (Å²) in [4.78, 5) is 19.5. The van der Waals surface area contributed by atoms with Gasteiger partial charge < -0.3 is 10.0 Å². The summed E-state index contributed by atoms with van der Waals surface area (Å²) in [6.07, 6.45) is 0. The van der Waals surface area contributed by atoms with Gasteiger partial charge in [0, 0.05) is 15.2 Å². The monoisotopic (exact) mass is 490 g/mol. The molecule has 0 spiro atoms. The number of nitrogens with zero attached hydrogens (tertiary/aromatic N) is 2. The summed E-state index contributed by atoms with van der Waals surface area (Å²) < 4.78 is 1.00. The highest BCUT2D eigenvalue weighted by Crippen LogP contribution is 2.56. The lowest BCUT2D eigenvalue weighted by molar-refractivity contribution is -0.131. The fourth-order valence-electron chi connectivity index (χ4n) is 4.06. The molecule has 0 saturated heterocycles. The van der Waals surface area contributed by atoms with E-state index in [0.29, 0.717) is 9.93 Å². The summed E-state index contributed by atoms with van der Waals surface area (Å²) in [7, 11) is 0. The lowest BCUT2D eigenvalue weighted by Crippen LogP contribution is -2.36. The van der Waals surface area contributed by atoms with E-state index in [-0.39, 0.29) is 12.0 Å². The molecular weight excluding hydrogens is 472 g/mol. The number of aliphatic imine (C=N–C) groups is 1. The molecule has 150 valence electrons. The minimum absolute atomic E-state index is 0.0448. The van der Waals surface area contributed by atoms with Crippen molar-refractivity contribution in [2.75, 3.05) is 0 Å². The van der Waals surface area contributed by atoms with E-state index in [1.165, 1.54) is 11.8 Å². The molecule has 29 heavy (non-hydrogen) atoms. The summed E-state index contributed by atoms with van der Waals surface area (Å²) in [6.45, 7) is 6.16. The van der Waals surface area contributed by atoms with Crippen molar-refractivity contribution in [1.29, 1.82) is 0 Å². The lowest BCUT2D eigenvalue weighted by Gasteiger charge is -2.37. The van der Waals surface area contributed by atoms with Crippen LogP contribution in [-0.4, -0.2) is 21.1 Å². The normalized spacial score (nSPS) is 23.6. The second-order valence-corrected chi connectivity index (χ2v) is 9.98. The summed E-state index contributed by atoms with van der Waals surface area (Å²) in [5, 5.41) is 11.2. The second-order valence-electron chi connectivity index (χ2n) is 7.65. The van der Waals surface area contributed by atoms with Crippen molar-refractivity contribution in [1.82, 2.24) is 4.90 Å². The fraction of sp³-hybridized carbons (Fsp3) is 0.273. The number of fused-ring (bicyclic) bond motifs is 1. The first-order valence-electron chi connectivity index (χ1n) is 9.28. The number of carboxylic acid groups (broad SMARTS) is 1. The molecule has 2 aromatic rings. The van der Waals surface area contributed by atoms with Crippen molar-refractivity contribution in [3.8, 4) is 0 Å². The van der Waals surface area contributed by atoms with Crippen LogP contribution in [0.3, 0.4) is 0 Å². The van der Waals surface area contributed by atoms with Gasteiger partial charge in [-0.25, -0.2) is 9.79 Å². The molecule has 0 bridgehead atoms. The zero-order valence-corrected chi connectivity index (χ0v) is 19.3. The summed E-state index contributed by atoms with van der Waals surface area (Å²) in [5.41, 5.74) is 2.36. The van der Waals surface area contributed by atoms with Crippen LogP contribution in [-0.2, 0) is 10.3 Å². The molecule has 4 rings (SSSR count). The molecule has 1 N–H and O–H groups in total. The number of aliphatic carboxylic acids is 1. The van der Waals surface area contributed by atoms with Crippen molar-refractivity contribution in [2.24, 2.45) is 10.9 Å². The highest BCUT2D eigenvalue weighted by atomic mass is 79.9. The van der Waals surface area contributed by atoms with Crippen molar-refractivity contribution >= 4 is 50.4 Å². The molecule has 0 aliphatic carbocycles. The first-order valence-corrected chi connectivity index (χ1v) is 11.3. The molecule has 2 aromatic carbocycles. The van der Waals surface area contributed by atoms with Crippen LogP contribution in [0.5, 0.6) is 0 Å². The van der Waals surface area contributed by atoms with E-state index in [4.69, 9.17) is 16.6 Å². The minimum atomic E-state index is -0.906. The smallest absolute Gasteiger partial charge is 0.344 e. The van der Waals surface area contributed by atoms with Gasteiger partial charge in [-0.2, -0.15) is 0 Å². The third kappa shape index (κ3) is 3.41. The minimum Gasteiger partial charge on any atom is -0.477 e. The Morgan fingerprint density at radius 3 is 2.38 bits per heavy atom. The van der Waals surface area contributed by atoms with E-state index < -0.39 is 11.5 Å². The SMILES string of the molecule is CC(C)C1=C(C(=O)O)SC2=N[C@@](C)(c3ccc(Br)cc3)[C@@H](c3ccc(Cl)cc3)N21. The molecule has 0 radical (unpaired) electrons. The van der Waals surface area contributed by atoms with E-state index in [0.717, 1.165) is 26.5 Å². The van der Waals surface area contributed by atoms with E-state index in [1.54, 1.807) is 0 Å². The van der Waals surface area contributed by atoms with Crippen LogP contribution in [0.15, 0.2) is 68.6 Å². The van der Waals surface area contributed by atoms with Crippen LogP contribution in [0.25, 0.3) is 0 Å². The molecule has 2 atom stereocenters. The number of amidine groups is 1. The van der Waals surface area contributed by atoms with E-state index in [1.807, 2.05) is 50.2 Å². The molecule has 7 heteroatoms. The summed E-state index contributed by atoms with van der Waals surface area (Å²) >= 11 is 10.9. The van der Waals surface area contributed by atoms with Crippen LogP contribution in [0.1, 0.15) is 37.9 Å². The van der Waals surface area contributed by atoms with Gasteiger partial charge in [0.1, 0.15) is 10.4 Å². The molecule has 0 aromatic heterocycles. The molecule has 4 nitrogen and oxygen atoms in total. The molecule has 0 fully saturated rings. The Hall–Kier alpha value is -1.76. The van der Waals surface area contributed by atoms with Gasteiger partial charge in [-0.1, -0.05) is 65.6 Å². The number of benzene rings is 2. The predicted molar refractivity (Wildman–Crippen MR) is 122 cm³/mol. The first-order chi connectivity index (χ1) is 13.7. The molecule has 2 aliphatic heterocycles. The van der Waals surface area contributed by atoms with Crippen LogP contribution in [0.4, 0.5) is 0 Å². The quantitative estimate of drug-likeness (QED) is 0.535. The van der Waals surface area contributed by atoms with Crippen LogP contribution >= 0.6 is 39.3 Å². The van der Waals surface area contributed by atoms with Gasteiger partial charge in [0.25, 0.3) is 0 Å². The second kappa shape index (κ2) is 7.49. The van der Waals surface area contributed by atoms with Gasteiger partial charge in [0.05, 0.1) is 6.04 Å². The van der Waals surface area contributed by atoms with Crippen molar-refractivity contribution in [2.45, 2.75) is 32.4 Å². The largest absolute Gasteiger partial charge is 0.477 e. The van der Waals surface area contributed by atoms with Gasteiger partial charge in [-0.15, -0.1) is 0 Å². The Balaban J connectivity index is 1.92. The molecule has 0 unspecified atom stereocenters. The van der Waals surface area contributed by atoms with Crippen molar-refractivity contribution in [3.63, 3.8) is 0 Å². The van der Waals surface area contributed by atoms with Crippen LogP contribution in [0.2, 0.25) is 5.02 Å². The Labute approximate surface area is 187 Å². The third-order valence-electron chi connectivity index (χ3n) is 5.37. The van der Waals surface area contributed by atoms with Crippen molar-refractivity contribution in [3.05, 3.63) is 79.8 Å². The van der Waals surface area contributed by atoms with E-state index in [9.17, 15) is 9.90 Å². The zero-order chi connectivity index (χ0) is 20.9. The highest BCUT2D eigenvalue weighted by Gasteiger charge is 2.53. The molecule has 2 heterocycles. The highest BCUT2D eigenvalue weighted by molar-refractivity contribution is 9.10. The molecule has 0 saturated carbocycles. The number of thioether (sulfide) groups is 1. The Morgan fingerprint density at radius 1 is 1.21 bits per heavy atom. The van der Waals surface area contributed by atoms with Gasteiger partial charge in [-0.05, 0) is 60.0 Å².